The first kappa shape index (κ1) is 28.0. The van der Waals surface area contributed by atoms with Crippen molar-refractivity contribution in [2.75, 3.05) is 6.61 Å². The third-order valence-electron chi connectivity index (χ3n) is 6.83. The van der Waals surface area contributed by atoms with Gasteiger partial charge >= 0.3 is 0 Å². The van der Waals surface area contributed by atoms with Crippen molar-refractivity contribution in [3.05, 3.63) is 59.2 Å². The van der Waals surface area contributed by atoms with E-state index in [-0.39, 0.29) is 30.0 Å². The molecule has 8 nitrogen and oxygen atoms in total. The van der Waals surface area contributed by atoms with Gasteiger partial charge in [-0.1, -0.05) is 50.8 Å². The van der Waals surface area contributed by atoms with Crippen LogP contribution in [0.25, 0.3) is 0 Å². The molecule has 0 aliphatic heterocycles. The average Bonchev–Trinajstić information content (AvgIpc) is 2.88. The summed E-state index contributed by atoms with van der Waals surface area (Å²) >= 11 is 0. The zero-order valence-corrected chi connectivity index (χ0v) is 21.8. The Balaban J connectivity index is 1.76. The Bertz CT molecular complexity index is 1060. The molecule has 1 saturated carbocycles. The minimum Gasteiger partial charge on any atom is -0.508 e. The molecule has 200 valence electrons. The summed E-state index contributed by atoms with van der Waals surface area (Å²) in [5, 5.41) is 15.3. The highest BCUT2D eigenvalue weighted by molar-refractivity contribution is 5.96. The van der Waals surface area contributed by atoms with Crippen molar-refractivity contribution in [2.24, 2.45) is 11.7 Å². The maximum Gasteiger partial charge on any atom is 0.252 e. The number of phenolic OH excluding ortho intramolecular Hbond substituents is 1. The number of hydrogen-bond acceptors (Lipinski definition) is 5. The van der Waals surface area contributed by atoms with Gasteiger partial charge in [0.15, 0.2) is 0 Å². The summed E-state index contributed by atoms with van der Waals surface area (Å²) < 4.78 is 6.02. The van der Waals surface area contributed by atoms with E-state index in [1.54, 1.807) is 36.4 Å². The third-order valence-corrected chi connectivity index (χ3v) is 6.83. The van der Waals surface area contributed by atoms with Crippen LogP contribution in [0.1, 0.15) is 86.3 Å². The summed E-state index contributed by atoms with van der Waals surface area (Å²) in [6.07, 6.45) is 7.64. The zero-order valence-electron chi connectivity index (χ0n) is 21.8. The van der Waals surface area contributed by atoms with Gasteiger partial charge in [-0.2, -0.15) is 0 Å². The van der Waals surface area contributed by atoms with E-state index in [0.29, 0.717) is 30.3 Å². The fraction of sp³-hybridized carbons (Fsp3) is 0.483. The molecule has 0 radical (unpaired) electrons. The van der Waals surface area contributed by atoms with Gasteiger partial charge in [0.05, 0.1) is 18.2 Å². The molecule has 0 spiro atoms. The van der Waals surface area contributed by atoms with Crippen molar-refractivity contribution >= 4 is 17.7 Å². The maximum absolute atomic E-state index is 13.3. The standard InChI is InChI=1S/C29H39N3O5/c1-3-7-25(32-29(36)26(31-19(2)33)16-20-10-13-23(34)14-11-20)22-12-15-27(24(17-22)28(30)35)37-18-21-8-5-4-6-9-21/h10-15,17,21,25-26,34H,3-9,16,18H2,1-2H3,(H2,30,35)(H,31,33)(H,32,36)/t25?,26-/m0/s1. The number of rotatable bonds is 12. The molecule has 37 heavy (non-hydrogen) atoms. The van der Waals surface area contributed by atoms with E-state index in [2.05, 4.69) is 10.6 Å². The van der Waals surface area contributed by atoms with E-state index in [9.17, 15) is 19.5 Å². The number of hydrogen-bond donors (Lipinski definition) is 4. The number of carbonyl (C=O) groups excluding carboxylic acids is 3. The molecule has 2 aromatic rings. The molecule has 5 N–H and O–H groups in total. The lowest BCUT2D eigenvalue weighted by Gasteiger charge is -2.25. The average molecular weight is 510 g/mol. The number of nitrogens with two attached hydrogens (primary N) is 1. The molecule has 0 heterocycles. The van der Waals surface area contributed by atoms with Crippen LogP contribution in [-0.4, -0.2) is 35.5 Å². The summed E-state index contributed by atoms with van der Waals surface area (Å²) in [6, 6.07) is 10.7. The normalized spacial score (nSPS) is 15.4. The third kappa shape index (κ3) is 8.51. The summed E-state index contributed by atoms with van der Waals surface area (Å²) in [7, 11) is 0. The van der Waals surface area contributed by atoms with E-state index < -0.39 is 11.9 Å². The van der Waals surface area contributed by atoms with E-state index in [1.165, 1.54) is 26.2 Å². The number of amides is 3. The predicted molar refractivity (Wildman–Crippen MR) is 142 cm³/mol. The quantitative estimate of drug-likeness (QED) is 0.341. The molecule has 0 saturated heterocycles. The Kier molecular flexibility index (Phi) is 10.4. The highest BCUT2D eigenvalue weighted by atomic mass is 16.5. The van der Waals surface area contributed by atoms with Gasteiger partial charge in [0.1, 0.15) is 17.5 Å². The van der Waals surface area contributed by atoms with Crippen LogP contribution in [0.3, 0.4) is 0 Å². The summed E-state index contributed by atoms with van der Waals surface area (Å²) in [6.45, 7) is 3.94. The first-order valence-electron chi connectivity index (χ1n) is 13.2. The first-order chi connectivity index (χ1) is 17.8. The molecular weight excluding hydrogens is 470 g/mol. The van der Waals surface area contributed by atoms with Crippen molar-refractivity contribution in [1.29, 1.82) is 0 Å². The van der Waals surface area contributed by atoms with Crippen molar-refractivity contribution in [3.8, 4) is 11.5 Å². The fourth-order valence-corrected chi connectivity index (χ4v) is 4.85. The molecule has 3 rings (SSSR count). The van der Waals surface area contributed by atoms with Gasteiger partial charge in [-0.3, -0.25) is 14.4 Å². The lowest BCUT2D eigenvalue weighted by Crippen LogP contribution is -2.48. The van der Waals surface area contributed by atoms with E-state index in [1.807, 2.05) is 13.0 Å². The van der Waals surface area contributed by atoms with E-state index in [4.69, 9.17) is 10.5 Å². The van der Waals surface area contributed by atoms with Crippen molar-refractivity contribution in [2.45, 2.75) is 77.3 Å². The predicted octanol–water partition coefficient (Wildman–Crippen LogP) is 4.16. The topological polar surface area (TPSA) is 131 Å². The molecule has 8 heteroatoms. The van der Waals surface area contributed by atoms with Gasteiger partial charge in [-0.05, 0) is 60.6 Å². The van der Waals surface area contributed by atoms with Gasteiger partial charge in [-0.25, -0.2) is 0 Å². The highest BCUT2D eigenvalue weighted by Crippen LogP contribution is 2.29. The molecule has 1 aliphatic carbocycles. The van der Waals surface area contributed by atoms with Crippen LogP contribution < -0.4 is 21.1 Å². The van der Waals surface area contributed by atoms with Gasteiger partial charge in [0.25, 0.3) is 5.91 Å². The number of ether oxygens (including phenoxy) is 1. The lowest BCUT2D eigenvalue weighted by atomic mass is 9.90. The van der Waals surface area contributed by atoms with Crippen LogP contribution in [0.2, 0.25) is 0 Å². The second-order valence-electron chi connectivity index (χ2n) is 9.91. The van der Waals surface area contributed by atoms with Crippen molar-refractivity contribution in [3.63, 3.8) is 0 Å². The molecule has 0 aromatic heterocycles. The van der Waals surface area contributed by atoms with Gasteiger partial charge < -0.3 is 26.2 Å². The van der Waals surface area contributed by atoms with Gasteiger partial charge in [0.2, 0.25) is 11.8 Å². The van der Waals surface area contributed by atoms with Gasteiger partial charge in [-0.15, -0.1) is 0 Å². The second-order valence-corrected chi connectivity index (χ2v) is 9.91. The van der Waals surface area contributed by atoms with Crippen LogP contribution in [-0.2, 0) is 16.0 Å². The molecular formula is C29H39N3O5. The Morgan fingerprint density at radius 1 is 1.05 bits per heavy atom. The number of benzene rings is 2. The maximum atomic E-state index is 13.3. The summed E-state index contributed by atoms with van der Waals surface area (Å²) in [4.78, 5) is 37.4. The van der Waals surface area contributed by atoms with E-state index in [0.717, 1.165) is 30.4 Å². The number of primary amides is 1. The smallest absolute Gasteiger partial charge is 0.252 e. The largest absolute Gasteiger partial charge is 0.508 e. The van der Waals surface area contributed by atoms with Crippen LogP contribution in [0, 0.1) is 5.92 Å². The summed E-state index contributed by atoms with van der Waals surface area (Å²) in [5.74, 6) is -0.150. The Morgan fingerprint density at radius 2 is 1.76 bits per heavy atom. The molecule has 0 bridgehead atoms. The molecule has 1 fully saturated rings. The molecule has 1 unspecified atom stereocenters. The number of nitrogens with one attached hydrogen (secondary N) is 2. The van der Waals surface area contributed by atoms with Crippen molar-refractivity contribution < 1.29 is 24.2 Å². The highest BCUT2D eigenvalue weighted by Gasteiger charge is 2.25. The molecule has 2 atom stereocenters. The Labute approximate surface area is 219 Å². The molecule has 2 aromatic carbocycles. The molecule has 1 aliphatic rings. The Hall–Kier alpha value is -3.55. The van der Waals surface area contributed by atoms with Gasteiger partial charge in [0, 0.05) is 13.3 Å². The number of aromatic hydroxyl groups is 1. The van der Waals surface area contributed by atoms with Crippen LogP contribution >= 0.6 is 0 Å². The second kappa shape index (κ2) is 13.7. The minimum absolute atomic E-state index is 0.128. The first-order valence-corrected chi connectivity index (χ1v) is 13.2. The summed E-state index contributed by atoms with van der Waals surface area (Å²) in [5.41, 5.74) is 7.54. The van der Waals surface area contributed by atoms with Crippen LogP contribution in [0.5, 0.6) is 11.5 Å². The van der Waals surface area contributed by atoms with Crippen molar-refractivity contribution in [1.82, 2.24) is 10.6 Å². The van der Waals surface area contributed by atoms with E-state index >= 15 is 0 Å². The minimum atomic E-state index is -0.796. The molecule has 3 amide bonds. The Morgan fingerprint density at radius 3 is 2.38 bits per heavy atom. The van der Waals surface area contributed by atoms with Crippen LogP contribution in [0.4, 0.5) is 0 Å². The lowest BCUT2D eigenvalue weighted by molar-refractivity contribution is -0.128. The zero-order chi connectivity index (χ0) is 26.8. The van der Waals surface area contributed by atoms with Crippen LogP contribution in [0.15, 0.2) is 42.5 Å². The fourth-order valence-electron chi connectivity index (χ4n) is 4.85. The monoisotopic (exact) mass is 509 g/mol. The number of phenols is 1. The SMILES string of the molecule is CCCC(NC(=O)[C@H](Cc1ccc(O)cc1)NC(C)=O)c1ccc(OCC2CCCCC2)c(C(N)=O)c1. The number of carbonyl (C=O) groups is 3.